The summed E-state index contributed by atoms with van der Waals surface area (Å²) in [6, 6.07) is 3.72. The minimum absolute atomic E-state index is 0.000988. The molecule has 4 nitrogen and oxygen atoms in total. The summed E-state index contributed by atoms with van der Waals surface area (Å²) in [5.41, 5.74) is 0.472. The molecule has 5 heteroatoms. The fourth-order valence-corrected chi connectivity index (χ4v) is 2.45. The topological polar surface area (TPSA) is 45.2 Å². The van der Waals surface area contributed by atoms with Crippen molar-refractivity contribution in [2.75, 3.05) is 19.6 Å². The molecule has 0 saturated carbocycles. The Bertz CT molecular complexity index is 401. The Kier molecular flexibility index (Phi) is 4.55. The Morgan fingerprint density at radius 1 is 1.50 bits per heavy atom. The molecule has 1 aromatic heterocycles. The molecule has 0 unspecified atom stereocenters. The molecule has 0 aromatic carbocycles. The maximum atomic E-state index is 12.4. The van der Waals surface area contributed by atoms with Crippen LogP contribution in [0.3, 0.4) is 0 Å². The quantitative estimate of drug-likeness (QED) is 0.911. The first-order valence-electron chi connectivity index (χ1n) is 6.35. The third kappa shape index (κ3) is 3.00. The predicted molar refractivity (Wildman–Crippen MR) is 71.8 cm³/mol. The first-order chi connectivity index (χ1) is 8.72. The number of nitrogens with zero attached hydrogens (tertiary/aromatic N) is 2. The number of halogens is 1. The lowest BCUT2D eigenvalue weighted by molar-refractivity contribution is 0.0650. The fraction of sp³-hybridized carbons (Fsp3) is 0.538. The largest absolute Gasteiger partial charge is 0.335 e. The minimum atomic E-state index is 0.000988. The standard InChI is InChI=1S/C13H18ClN3O/c1-2-17(11-5-7-15-8-6-11)13(18)12-4-3-10(14)9-16-12/h3-4,9,11,15H,2,5-8H2,1H3. The molecule has 18 heavy (non-hydrogen) atoms. The maximum absolute atomic E-state index is 12.4. The number of carbonyl (C=O) groups is 1. The second-order valence-electron chi connectivity index (χ2n) is 4.43. The van der Waals surface area contributed by atoms with Gasteiger partial charge >= 0.3 is 0 Å². The summed E-state index contributed by atoms with van der Waals surface area (Å²) >= 11 is 5.78. The van der Waals surface area contributed by atoms with Crippen molar-refractivity contribution in [2.24, 2.45) is 0 Å². The van der Waals surface area contributed by atoms with Crippen LogP contribution in [0.25, 0.3) is 0 Å². The molecular weight excluding hydrogens is 250 g/mol. The van der Waals surface area contributed by atoms with Crippen LogP contribution < -0.4 is 5.32 Å². The molecule has 1 saturated heterocycles. The van der Waals surface area contributed by atoms with Crippen LogP contribution in [0.15, 0.2) is 18.3 Å². The van der Waals surface area contributed by atoms with E-state index in [1.807, 2.05) is 11.8 Å². The molecule has 1 fully saturated rings. The molecule has 2 rings (SSSR count). The van der Waals surface area contributed by atoms with E-state index in [-0.39, 0.29) is 5.91 Å². The molecule has 0 atom stereocenters. The Labute approximate surface area is 112 Å². The van der Waals surface area contributed by atoms with Gasteiger partial charge in [-0.2, -0.15) is 0 Å². The molecule has 1 N–H and O–H groups in total. The number of pyridine rings is 1. The molecule has 0 radical (unpaired) electrons. The zero-order valence-corrected chi connectivity index (χ0v) is 11.3. The van der Waals surface area contributed by atoms with Gasteiger partial charge in [0.1, 0.15) is 5.69 Å². The summed E-state index contributed by atoms with van der Waals surface area (Å²) in [6.45, 7) is 4.68. The normalized spacial score (nSPS) is 16.6. The SMILES string of the molecule is CCN(C(=O)c1ccc(Cl)cn1)C1CCNCC1. The predicted octanol–water partition coefficient (Wildman–Crippen LogP) is 1.95. The van der Waals surface area contributed by atoms with Crippen molar-refractivity contribution < 1.29 is 4.79 Å². The molecule has 98 valence electrons. The van der Waals surface area contributed by atoms with Gasteiger partial charge in [0.05, 0.1) is 5.02 Å². The lowest BCUT2D eigenvalue weighted by atomic mass is 10.0. The van der Waals surface area contributed by atoms with Crippen LogP contribution in [0.4, 0.5) is 0 Å². The van der Waals surface area contributed by atoms with Crippen LogP contribution in [-0.4, -0.2) is 41.5 Å². The van der Waals surface area contributed by atoms with Gasteiger partial charge in [0.25, 0.3) is 5.91 Å². The van der Waals surface area contributed by atoms with E-state index in [0.717, 1.165) is 25.9 Å². The average Bonchev–Trinajstić information content (AvgIpc) is 2.41. The van der Waals surface area contributed by atoms with Crippen LogP contribution in [0, 0.1) is 0 Å². The smallest absolute Gasteiger partial charge is 0.272 e. The first-order valence-corrected chi connectivity index (χ1v) is 6.73. The fourth-order valence-electron chi connectivity index (χ4n) is 2.34. The van der Waals surface area contributed by atoms with Crippen molar-refractivity contribution in [3.8, 4) is 0 Å². The molecule has 0 aliphatic carbocycles. The Balaban J connectivity index is 2.11. The lowest BCUT2D eigenvalue weighted by Gasteiger charge is -2.33. The molecular formula is C13H18ClN3O. The number of nitrogens with one attached hydrogen (secondary N) is 1. The molecule has 2 heterocycles. The van der Waals surface area contributed by atoms with E-state index in [1.54, 1.807) is 12.1 Å². The first kappa shape index (κ1) is 13.3. The van der Waals surface area contributed by atoms with Crippen LogP contribution in [0.5, 0.6) is 0 Å². The summed E-state index contributed by atoms with van der Waals surface area (Å²) in [7, 11) is 0. The number of hydrogen-bond acceptors (Lipinski definition) is 3. The van der Waals surface area contributed by atoms with Crippen LogP contribution in [-0.2, 0) is 0 Å². The monoisotopic (exact) mass is 267 g/mol. The highest BCUT2D eigenvalue weighted by atomic mass is 35.5. The maximum Gasteiger partial charge on any atom is 0.272 e. The third-order valence-electron chi connectivity index (χ3n) is 3.30. The second kappa shape index (κ2) is 6.16. The molecule has 1 aliphatic heterocycles. The lowest BCUT2D eigenvalue weighted by Crippen LogP contribution is -2.46. The van der Waals surface area contributed by atoms with Gasteiger partial charge in [-0.15, -0.1) is 0 Å². The zero-order chi connectivity index (χ0) is 13.0. The summed E-state index contributed by atoms with van der Waals surface area (Å²) in [5, 5.41) is 3.86. The van der Waals surface area contributed by atoms with Crippen LogP contribution >= 0.6 is 11.6 Å². The van der Waals surface area contributed by atoms with Gasteiger partial charge < -0.3 is 10.2 Å². The van der Waals surface area contributed by atoms with E-state index in [0.29, 0.717) is 23.3 Å². The van der Waals surface area contributed by atoms with E-state index >= 15 is 0 Å². The summed E-state index contributed by atoms with van der Waals surface area (Å²) in [4.78, 5) is 18.4. The Morgan fingerprint density at radius 2 is 2.22 bits per heavy atom. The van der Waals surface area contributed by atoms with Crippen molar-refractivity contribution in [3.05, 3.63) is 29.0 Å². The molecule has 0 bridgehead atoms. The number of carbonyl (C=O) groups excluding carboxylic acids is 1. The second-order valence-corrected chi connectivity index (χ2v) is 4.87. The third-order valence-corrected chi connectivity index (χ3v) is 3.52. The summed E-state index contributed by atoms with van der Waals surface area (Å²) < 4.78 is 0. The molecule has 1 aromatic rings. The van der Waals surface area contributed by atoms with E-state index in [2.05, 4.69) is 10.3 Å². The Hall–Kier alpha value is -1.13. The highest BCUT2D eigenvalue weighted by Crippen LogP contribution is 2.15. The number of rotatable bonds is 3. The number of piperidine rings is 1. The van der Waals surface area contributed by atoms with Gasteiger partial charge in [0.15, 0.2) is 0 Å². The van der Waals surface area contributed by atoms with Gasteiger partial charge in [-0.25, -0.2) is 4.98 Å². The number of aromatic nitrogens is 1. The highest BCUT2D eigenvalue weighted by Gasteiger charge is 2.25. The van der Waals surface area contributed by atoms with Gasteiger partial charge in [-0.3, -0.25) is 4.79 Å². The number of amides is 1. The summed E-state index contributed by atoms with van der Waals surface area (Å²) in [5.74, 6) is 0.000988. The van der Waals surface area contributed by atoms with Crippen molar-refractivity contribution >= 4 is 17.5 Å². The minimum Gasteiger partial charge on any atom is -0.335 e. The summed E-state index contributed by atoms with van der Waals surface area (Å²) in [6.07, 6.45) is 3.53. The van der Waals surface area contributed by atoms with E-state index in [1.165, 1.54) is 6.20 Å². The molecule has 0 spiro atoms. The van der Waals surface area contributed by atoms with E-state index in [4.69, 9.17) is 11.6 Å². The van der Waals surface area contributed by atoms with Crippen molar-refractivity contribution in [2.45, 2.75) is 25.8 Å². The van der Waals surface area contributed by atoms with Gasteiger partial charge in [0.2, 0.25) is 0 Å². The van der Waals surface area contributed by atoms with Gasteiger partial charge in [0, 0.05) is 18.8 Å². The Morgan fingerprint density at radius 3 is 2.78 bits per heavy atom. The van der Waals surface area contributed by atoms with Crippen molar-refractivity contribution in [3.63, 3.8) is 0 Å². The van der Waals surface area contributed by atoms with Gasteiger partial charge in [-0.05, 0) is 45.0 Å². The van der Waals surface area contributed by atoms with Gasteiger partial charge in [-0.1, -0.05) is 11.6 Å². The van der Waals surface area contributed by atoms with E-state index < -0.39 is 0 Å². The number of hydrogen-bond donors (Lipinski definition) is 1. The zero-order valence-electron chi connectivity index (χ0n) is 10.5. The van der Waals surface area contributed by atoms with Crippen LogP contribution in [0.2, 0.25) is 5.02 Å². The highest BCUT2D eigenvalue weighted by molar-refractivity contribution is 6.30. The van der Waals surface area contributed by atoms with Crippen molar-refractivity contribution in [1.29, 1.82) is 0 Å². The molecule has 1 amide bonds. The molecule has 1 aliphatic rings. The van der Waals surface area contributed by atoms with Crippen molar-refractivity contribution in [1.82, 2.24) is 15.2 Å². The average molecular weight is 268 g/mol. The van der Waals surface area contributed by atoms with Crippen LogP contribution in [0.1, 0.15) is 30.3 Å². The van der Waals surface area contributed by atoms with E-state index in [9.17, 15) is 4.79 Å².